The van der Waals surface area contributed by atoms with Gasteiger partial charge in [-0.2, -0.15) is 0 Å². The van der Waals surface area contributed by atoms with Crippen LogP contribution in [0.1, 0.15) is 44.6 Å². The second-order valence-corrected chi connectivity index (χ2v) is 4.56. The van der Waals surface area contributed by atoms with Gasteiger partial charge in [0.25, 0.3) is 0 Å². The van der Waals surface area contributed by atoms with Gasteiger partial charge in [0.2, 0.25) is 0 Å². The lowest BCUT2D eigenvalue weighted by molar-refractivity contribution is 0.500. The predicted octanol–water partition coefficient (Wildman–Crippen LogP) is 5.14. The Bertz CT molecular complexity index is 284. The molecule has 0 heterocycles. The zero-order chi connectivity index (χ0) is 11.6. The van der Waals surface area contributed by atoms with Gasteiger partial charge in [-0.05, 0) is 38.5 Å². The van der Waals surface area contributed by atoms with E-state index < -0.39 is 0 Å². The second kappa shape index (κ2) is 8.15. The highest BCUT2D eigenvalue weighted by atomic mass is 14.1. The lowest BCUT2D eigenvalue weighted by Gasteiger charge is -2.14. The van der Waals surface area contributed by atoms with E-state index in [1.165, 1.54) is 37.7 Å². The molecule has 1 aromatic rings. The molecule has 0 amide bonds. The molecule has 0 saturated heterocycles. The molecule has 16 heavy (non-hydrogen) atoms. The van der Waals surface area contributed by atoms with Crippen LogP contribution in [0.5, 0.6) is 0 Å². The van der Waals surface area contributed by atoms with E-state index in [1.54, 1.807) is 0 Å². The van der Waals surface area contributed by atoms with E-state index in [-0.39, 0.29) is 0 Å². The lowest BCUT2D eigenvalue weighted by atomic mass is 9.92. The van der Waals surface area contributed by atoms with Crippen molar-refractivity contribution >= 4 is 0 Å². The smallest absolute Gasteiger partial charge is 0.0234 e. The van der Waals surface area contributed by atoms with Crippen LogP contribution in [0.25, 0.3) is 0 Å². The first-order valence-corrected chi connectivity index (χ1v) is 6.51. The summed E-state index contributed by atoms with van der Waals surface area (Å²) in [6.45, 7) is 4.35. The van der Waals surface area contributed by atoms with Crippen molar-refractivity contribution < 1.29 is 0 Å². The third-order valence-corrected chi connectivity index (χ3v) is 2.95. The summed E-state index contributed by atoms with van der Waals surface area (Å²) in [5.74, 6) is 0.920. The summed E-state index contributed by atoms with van der Waals surface area (Å²) in [5.41, 5.74) is 1.32. The molecule has 0 N–H and O–H groups in total. The van der Waals surface area contributed by atoms with Gasteiger partial charge >= 0.3 is 0 Å². The molecule has 1 aromatic carbocycles. The molecule has 0 nitrogen and oxygen atoms in total. The molecule has 88 valence electrons. The molecule has 0 aliphatic heterocycles. The molecule has 1 aliphatic rings. The molecule has 0 saturated carbocycles. The topological polar surface area (TPSA) is 0 Å². The van der Waals surface area contributed by atoms with E-state index in [0.717, 1.165) is 5.92 Å². The van der Waals surface area contributed by atoms with Gasteiger partial charge in [0, 0.05) is 0 Å². The first kappa shape index (κ1) is 13.0. The minimum Gasteiger partial charge on any atom is -0.0883 e. The number of benzene rings is 1. The van der Waals surface area contributed by atoms with Gasteiger partial charge in [-0.15, -0.1) is 0 Å². The third kappa shape index (κ3) is 5.75. The van der Waals surface area contributed by atoms with E-state index in [4.69, 9.17) is 0 Å². The molecule has 0 radical (unpaired) electrons. The first-order chi connectivity index (χ1) is 7.83. The van der Waals surface area contributed by atoms with Gasteiger partial charge in [-0.1, -0.05) is 61.4 Å². The van der Waals surface area contributed by atoms with Gasteiger partial charge in [0.15, 0.2) is 0 Å². The van der Waals surface area contributed by atoms with Gasteiger partial charge in [-0.3, -0.25) is 0 Å². The summed E-state index contributed by atoms with van der Waals surface area (Å²) in [6.07, 6.45) is 11.6. The Hall–Kier alpha value is -1.04. The quantitative estimate of drug-likeness (QED) is 0.601. The molecule has 1 atom stereocenters. The summed E-state index contributed by atoms with van der Waals surface area (Å²) in [5, 5.41) is 0. The Morgan fingerprint density at radius 2 is 1.94 bits per heavy atom. The molecule has 0 fully saturated rings. The van der Waals surface area contributed by atoms with Crippen molar-refractivity contribution in [3.8, 4) is 0 Å². The third-order valence-electron chi connectivity index (χ3n) is 2.95. The van der Waals surface area contributed by atoms with Crippen molar-refractivity contribution in [2.24, 2.45) is 5.92 Å². The maximum atomic E-state index is 2.40. The normalized spacial score (nSPS) is 18.8. The van der Waals surface area contributed by atoms with Crippen LogP contribution in [0.3, 0.4) is 0 Å². The molecule has 2 rings (SSSR count). The van der Waals surface area contributed by atoms with Crippen molar-refractivity contribution in [1.29, 1.82) is 0 Å². The van der Waals surface area contributed by atoms with Crippen molar-refractivity contribution in [3.05, 3.63) is 48.0 Å². The SMILES string of the molecule is CCCC1C=CCCC1.Cc1ccccc1. The van der Waals surface area contributed by atoms with Crippen LogP contribution in [-0.4, -0.2) is 0 Å². The van der Waals surface area contributed by atoms with Crippen LogP contribution in [-0.2, 0) is 0 Å². The van der Waals surface area contributed by atoms with Crippen LogP contribution >= 0.6 is 0 Å². The summed E-state index contributed by atoms with van der Waals surface area (Å²) >= 11 is 0. The highest BCUT2D eigenvalue weighted by Crippen LogP contribution is 2.20. The molecule has 0 bridgehead atoms. The number of rotatable bonds is 2. The number of allylic oxidation sites excluding steroid dienone is 2. The monoisotopic (exact) mass is 216 g/mol. The zero-order valence-corrected chi connectivity index (χ0v) is 10.7. The molecule has 1 aliphatic carbocycles. The number of hydrogen-bond donors (Lipinski definition) is 0. The van der Waals surface area contributed by atoms with E-state index in [9.17, 15) is 0 Å². The Balaban J connectivity index is 0.000000165. The lowest BCUT2D eigenvalue weighted by Crippen LogP contribution is -1.99. The van der Waals surface area contributed by atoms with E-state index in [2.05, 4.69) is 38.1 Å². The Labute approximate surface area is 100 Å². The Morgan fingerprint density at radius 3 is 2.38 bits per heavy atom. The summed E-state index contributed by atoms with van der Waals surface area (Å²) in [4.78, 5) is 0. The largest absolute Gasteiger partial charge is 0.0883 e. The zero-order valence-electron chi connectivity index (χ0n) is 10.7. The Kier molecular flexibility index (Phi) is 6.64. The van der Waals surface area contributed by atoms with Crippen molar-refractivity contribution in [1.82, 2.24) is 0 Å². The number of aryl methyl sites for hydroxylation is 1. The van der Waals surface area contributed by atoms with E-state index >= 15 is 0 Å². The fourth-order valence-electron chi connectivity index (χ4n) is 2.03. The minimum absolute atomic E-state index is 0.920. The summed E-state index contributed by atoms with van der Waals surface area (Å²) < 4.78 is 0. The van der Waals surface area contributed by atoms with E-state index in [1.807, 2.05) is 18.2 Å². The van der Waals surface area contributed by atoms with Crippen LogP contribution in [0, 0.1) is 12.8 Å². The fourth-order valence-corrected chi connectivity index (χ4v) is 2.03. The van der Waals surface area contributed by atoms with Gasteiger partial charge in [0.05, 0.1) is 0 Å². The molecular weight excluding hydrogens is 192 g/mol. The molecule has 0 heteroatoms. The van der Waals surface area contributed by atoms with Crippen molar-refractivity contribution in [2.75, 3.05) is 0 Å². The van der Waals surface area contributed by atoms with Crippen LogP contribution in [0.15, 0.2) is 42.5 Å². The van der Waals surface area contributed by atoms with Crippen LogP contribution in [0.4, 0.5) is 0 Å². The molecule has 0 spiro atoms. The maximum absolute atomic E-state index is 2.40. The van der Waals surface area contributed by atoms with E-state index in [0.29, 0.717) is 0 Å². The average molecular weight is 216 g/mol. The summed E-state index contributed by atoms with van der Waals surface area (Å²) in [6, 6.07) is 10.3. The maximum Gasteiger partial charge on any atom is -0.0234 e. The van der Waals surface area contributed by atoms with Gasteiger partial charge in [-0.25, -0.2) is 0 Å². The highest BCUT2D eigenvalue weighted by Gasteiger charge is 2.05. The minimum atomic E-state index is 0.920. The highest BCUT2D eigenvalue weighted by molar-refractivity contribution is 5.11. The molecule has 0 aromatic heterocycles. The summed E-state index contributed by atoms with van der Waals surface area (Å²) in [7, 11) is 0. The van der Waals surface area contributed by atoms with Gasteiger partial charge < -0.3 is 0 Å². The second-order valence-electron chi connectivity index (χ2n) is 4.56. The van der Waals surface area contributed by atoms with Crippen LogP contribution in [0.2, 0.25) is 0 Å². The van der Waals surface area contributed by atoms with Crippen LogP contribution < -0.4 is 0 Å². The standard InChI is InChI=1S/C9H16.C7H8/c1-2-6-9-7-4-3-5-8-9;1-7-5-3-2-4-6-7/h4,7,9H,2-3,5-6,8H2,1H3;2-6H,1H3. The predicted molar refractivity (Wildman–Crippen MR) is 72.6 cm³/mol. The Morgan fingerprint density at radius 1 is 1.19 bits per heavy atom. The van der Waals surface area contributed by atoms with Crippen molar-refractivity contribution in [3.63, 3.8) is 0 Å². The number of hydrogen-bond acceptors (Lipinski definition) is 0. The first-order valence-electron chi connectivity index (χ1n) is 6.51. The molecular formula is C16H24. The average Bonchev–Trinajstić information content (AvgIpc) is 2.33. The van der Waals surface area contributed by atoms with Gasteiger partial charge in [0.1, 0.15) is 0 Å². The fraction of sp³-hybridized carbons (Fsp3) is 0.500. The molecule has 1 unspecified atom stereocenters. The van der Waals surface area contributed by atoms with Crippen molar-refractivity contribution in [2.45, 2.75) is 46.0 Å².